The Bertz CT molecular complexity index is 1080. The third-order valence-electron chi connectivity index (χ3n) is 9.89. The van der Waals surface area contributed by atoms with Crippen LogP contribution in [0.25, 0.3) is 0 Å². The van der Waals surface area contributed by atoms with Crippen LogP contribution in [-0.4, -0.2) is 92.8 Å². The zero-order valence-electron chi connectivity index (χ0n) is 35.0. The predicted molar refractivity (Wildman–Crippen MR) is 199 cm³/mol. The van der Waals surface area contributed by atoms with E-state index < -0.39 is 45.3 Å². The predicted octanol–water partition coefficient (Wildman–Crippen LogP) is 7.78. The summed E-state index contributed by atoms with van der Waals surface area (Å²) in [5.74, 6) is -1.21. The lowest BCUT2D eigenvalue weighted by atomic mass is 9.80. The molecule has 52 heavy (non-hydrogen) atoms. The number of piperidine rings is 2. The average molecular weight is 741 g/mol. The number of nitrogens with zero attached hydrogens (tertiary/aromatic N) is 2. The fraction of sp³-hybridized carbons (Fsp3) is 0.900. The zero-order chi connectivity index (χ0) is 39.8. The Morgan fingerprint density at radius 1 is 0.519 bits per heavy atom. The lowest BCUT2D eigenvalue weighted by Crippen LogP contribution is -2.64. The Hall–Kier alpha value is -2.28. The summed E-state index contributed by atoms with van der Waals surface area (Å²) >= 11 is 0. The van der Waals surface area contributed by atoms with Gasteiger partial charge in [-0.25, -0.2) is 9.59 Å². The third-order valence-corrected chi connectivity index (χ3v) is 9.89. The number of carbonyl (C=O) groups excluding carboxylic acids is 4. The minimum Gasteiger partial charge on any atom is -0.464 e. The van der Waals surface area contributed by atoms with E-state index in [1.807, 2.05) is 65.5 Å². The molecule has 0 aromatic rings. The molecule has 12 heteroatoms. The highest BCUT2D eigenvalue weighted by Gasteiger charge is 2.52. The van der Waals surface area contributed by atoms with Crippen LogP contribution in [0.5, 0.6) is 0 Å². The van der Waals surface area contributed by atoms with Crippen LogP contribution in [0.4, 0.5) is 0 Å². The number of carbonyl (C=O) groups is 4. The molecule has 302 valence electrons. The number of hydroxylamine groups is 4. The van der Waals surface area contributed by atoms with Gasteiger partial charge in [-0.2, -0.15) is 10.1 Å². The van der Waals surface area contributed by atoms with Gasteiger partial charge in [0.1, 0.15) is 12.2 Å². The maximum absolute atomic E-state index is 12.8. The molecule has 2 fully saturated rings. The van der Waals surface area contributed by atoms with Crippen LogP contribution in [0.15, 0.2) is 0 Å². The molecule has 0 atom stereocenters. The van der Waals surface area contributed by atoms with Crippen molar-refractivity contribution in [2.75, 3.05) is 13.2 Å². The van der Waals surface area contributed by atoms with Crippen molar-refractivity contribution in [2.24, 2.45) is 0 Å². The summed E-state index contributed by atoms with van der Waals surface area (Å²) in [5.41, 5.74) is -4.21. The molecule has 0 bridgehead atoms. The molecule has 0 aliphatic carbocycles. The van der Waals surface area contributed by atoms with E-state index >= 15 is 0 Å². The summed E-state index contributed by atoms with van der Waals surface area (Å²) in [4.78, 5) is 63.1. The first-order valence-electron chi connectivity index (χ1n) is 19.5. The quantitative estimate of drug-likeness (QED) is 0.0728. The lowest BCUT2D eigenvalue weighted by Gasteiger charge is -2.54. The number of unbranched alkanes of at least 4 members (excludes halogenated alkanes) is 5. The fourth-order valence-electron chi connectivity index (χ4n) is 7.88. The van der Waals surface area contributed by atoms with Crippen molar-refractivity contribution in [1.82, 2.24) is 10.1 Å². The number of hydrogen-bond donors (Lipinski definition) is 0. The largest absolute Gasteiger partial charge is 0.464 e. The molecule has 0 aromatic carbocycles. The van der Waals surface area contributed by atoms with E-state index in [4.69, 9.17) is 28.6 Å². The number of rotatable bonds is 19. The summed E-state index contributed by atoms with van der Waals surface area (Å²) in [6.07, 6.45) is 7.92. The average Bonchev–Trinajstić information content (AvgIpc) is 2.97. The molecule has 2 saturated heterocycles. The van der Waals surface area contributed by atoms with Crippen molar-refractivity contribution in [1.29, 1.82) is 0 Å². The van der Waals surface area contributed by atoms with E-state index in [0.29, 0.717) is 38.5 Å². The summed E-state index contributed by atoms with van der Waals surface area (Å²) in [7, 11) is 0. The van der Waals surface area contributed by atoms with Gasteiger partial charge >= 0.3 is 23.9 Å². The van der Waals surface area contributed by atoms with Gasteiger partial charge in [-0.05, 0) is 110 Å². The van der Waals surface area contributed by atoms with Gasteiger partial charge in [-0.3, -0.25) is 19.3 Å². The Kier molecular flexibility index (Phi) is 16.2. The van der Waals surface area contributed by atoms with Crippen LogP contribution in [0.2, 0.25) is 0 Å². The maximum Gasteiger partial charge on any atom is 0.339 e. The molecule has 0 radical (unpaired) electrons. The Morgan fingerprint density at radius 2 is 0.788 bits per heavy atom. The van der Waals surface area contributed by atoms with Crippen molar-refractivity contribution in [3.8, 4) is 0 Å². The molecule has 12 nitrogen and oxygen atoms in total. The van der Waals surface area contributed by atoms with Gasteiger partial charge in [-0.1, -0.05) is 25.7 Å². The van der Waals surface area contributed by atoms with Gasteiger partial charge in [0.15, 0.2) is 11.2 Å². The van der Waals surface area contributed by atoms with Crippen molar-refractivity contribution in [3.05, 3.63) is 0 Å². The highest BCUT2D eigenvalue weighted by Crippen LogP contribution is 2.43. The van der Waals surface area contributed by atoms with E-state index in [1.54, 1.807) is 41.5 Å². The van der Waals surface area contributed by atoms with E-state index in [2.05, 4.69) is 0 Å². The van der Waals surface area contributed by atoms with Crippen LogP contribution in [0, 0.1) is 0 Å². The maximum atomic E-state index is 12.8. The van der Waals surface area contributed by atoms with Gasteiger partial charge in [-0.15, -0.1) is 0 Å². The SMILES string of the molecule is CCOC(=O)C(C)(C)ON1C(C)(C)CC(OC(=O)CCCCCCCCC(=O)OC2CC(C)(C)N(OC(C)(C)C(=O)OCC)C(C)(C)C2)CC1(C)C. The lowest BCUT2D eigenvalue weighted by molar-refractivity contribution is -0.332. The van der Waals surface area contributed by atoms with Gasteiger partial charge < -0.3 is 18.9 Å². The molecule has 0 aromatic heterocycles. The molecule has 2 heterocycles. The monoisotopic (exact) mass is 741 g/mol. The Balaban J connectivity index is 1.69. The topological polar surface area (TPSA) is 130 Å². The molecule has 2 rings (SSSR count). The highest BCUT2D eigenvalue weighted by molar-refractivity contribution is 5.79. The second kappa shape index (κ2) is 18.4. The number of ether oxygens (including phenoxy) is 4. The molecule has 2 aliphatic heterocycles. The molecule has 0 spiro atoms. The minimum absolute atomic E-state index is 0.188. The Labute approximate surface area is 314 Å². The molecule has 0 unspecified atom stereocenters. The van der Waals surface area contributed by atoms with Crippen LogP contribution < -0.4 is 0 Å². The van der Waals surface area contributed by atoms with Gasteiger partial charge in [0.25, 0.3) is 0 Å². The third kappa shape index (κ3) is 13.2. The van der Waals surface area contributed by atoms with Crippen LogP contribution in [0.3, 0.4) is 0 Å². The fourth-order valence-corrected chi connectivity index (χ4v) is 7.88. The zero-order valence-corrected chi connectivity index (χ0v) is 35.0. The Morgan fingerprint density at radius 3 is 1.06 bits per heavy atom. The molecule has 2 aliphatic rings. The van der Waals surface area contributed by atoms with Gasteiger partial charge in [0.05, 0.1) is 13.2 Å². The van der Waals surface area contributed by atoms with Crippen molar-refractivity contribution < 1.29 is 47.8 Å². The van der Waals surface area contributed by atoms with Crippen LogP contribution in [0.1, 0.15) is 174 Å². The standard InChI is InChI=1S/C40H72N2O10/c1-15-47-33(45)39(11,12)51-41-35(3,4)25-29(26-36(41,5)6)49-31(43)23-21-19-17-18-20-22-24-32(44)50-30-27-37(7,8)42(38(9,10)28-30)52-40(13,14)34(46)48-16-2/h29-30H,15-28H2,1-14H3. The van der Waals surface area contributed by atoms with E-state index in [-0.39, 0.29) is 37.4 Å². The first-order valence-corrected chi connectivity index (χ1v) is 19.5. The van der Waals surface area contributed by atoms with Crippen molar-refractivity contribution >= 4 is 23.9 Å². The first-order chi connectivity index (χ1) is 23.8. The summed E-state index contributed by atoms with van der Waals surface area (Å²) in [6, 6.07) is 0. The van der Waals surface area contributed by atoms with Crippen molar-refractivity contribution in [2.45, 2.75) is 220 Å². The second-order valence-corrected chi connectivity index (χ2v) is 18.1. The highest BCUT2D eigenvalue weighted by atomic mass is 16.7. The smallest absolute Gasteiger partial charge is 0.339 e. The van der Waals surface area contributed by atoms with Crippen molar-refractivity contribution in [3.63, 3.8) is 0 Å². The van der Waals surface area contributed by atoms with Crippen LogP contribution >= 0.6 is 0 Å². The molecule has 0 saturated carbocycles. The first kappa shape index (κ1) is 45.9. The van der Waals surface area contributed by atoms with Gasteiger partial charge in [0.2, 0.25) is 0 Å². The summed E-state index contributed by atoms with van der Waals surface area (Å²) in [5, 5.41) is 3.75. The number of esters is 4. The summed E-state index contributed by atoms with van der Waals surface area (Å²) < 4.78 is 22.3. The van der Waals surface area contributed by atoms with E-state index in [0.717, 1.165) is 38.5 Å². The second-order valence-electron chi connectivity index (χ2n) is 18.1. The molecular formula is C40H72N2O10. The summed E-state index contributed by atoms with van der Waals surface area (Å²) in [6.45, 7) is 27.2. The minimum atomic E-state index is -1.15. The molecule has 0 amide bonds. The molecular weight excluding hydrogens is 668 g/mol. The molecule has 0 N–H and O–H groups in total. The van der Waals surface area contributed by atoms with Crippen LogP contribution in [-0.2, 0) is 47.8 Å². The van der Waals surface area contributed by atoms with Gasteiger partial charge in [0, 0.05) is 60.7 Å². The number of hydrogen-bond acceptors (Lipinski definition) is 12. The normalized spacial score (nSPS) is 21.0. The van der Waals surface area contributed by atoms with E-state index in [1.165, 1.54) is 0 Å². The van der Waals surface area contributed by atoms with E-state index in [9.17, 15) is 19.2 Å².